The van der Waals surface area contributed by atoms with Crippen LogP contribution in [0.4, 0.5) is 4.39 Å². The van der Waals surface area contributed by atoms with E-state index in [1.54, 1.807) is 31.2 Å². The molecule has 0 aliphatic carbocycles. The largest absolute Gasteiger partial charge is 0.466 e. The van der Waals surface area contributed by atoms with Gasteiger partial charge in [0.25, 0.3) is 0 Å². The van der Waals surface area contributed by atoms with E-state index in [2.05, 4.69) is 0 Å². The Labute approximate surface area is 107 Å². The Morgan fingerprint density at radius 1 is 1.44 bits per heavy atom. The SMILES string of the molecule is CCOC(=O)C(/C=C/c1cccc(F)c1)C(C)C. The van der Waals surface area contributed by atoms with Crippen LogP contribution >= 0.6 is 0 Å². The van der Waals surface area contributed by atoms with E-state index in [1.165, 1.54) is 12.1 Å². The summed E-state index contributed by atoms with van der Waals surface area (Å²) in [6, 6.07) is 6.26. The second-order valence-electron chi connectivity index (χ2n) is 4.44. The zero-order chi connectivity index (χ0) is 13.5. The van der Waals surface area contributed by atoms with E-state index in [-0.39, 0.29) is 23.6 Å². The summed E-state index contributed by atoms with van der Waals surface area (Å²) in [5, 5.41) is 0. The molecule has 1 unspecified atom stereocenters. The molecular formula is C15H19FO2. The molecule has 0 aromatic heterocycles. The van der Waals surface area contributed by atoms with Crippen LogP contribution in [0, 0.1) is 17.7 Å². The summed E-state index contributed by atoms with van der Waals surface area (Å²) in [6.45, 7) is 6.07. The van der Waals surface area contributed by atoms with Gasteiger partial charge in [-0.25, -0.2) is 4.39 Å². The summed E-state index contributed by atoms with van der Waals surface area (Å²) in [6.07, 6.45) is 3.53. The number of esters is 1. The first-order chi connectivity index (χ1) is 8.54. The molecular weight excluding hydrogens is 231 g/mol. The summed E-state index contributed by atoms with van der Waals surface area (Å²) in [7, 11) is 0. The number of carbonyl (C=O) groups excluding carboxylic acids is 1. The summed E-state index contributed by atoms with van der Waals surface area (Å²) < 4.78 is 18.0. The molecule has 18 heavy (non-hydrogen) atoms. The molecule has 1 aromatic carbocycles. The Bertz CT molecular complexity index is 424. The highest BCUT2D eigenvalue weighted by Gasteiger charge is 2.20. The van der Waals surface area contributed by atoms with Gasteiger partial charge in [0, 0.05) is 0 Å². The lowest BCUT2D eigenvalue weighted by atomic mass is 9.95. The van der Waals surface area contributed by atoms with Crippen LogP contribution in [-0.4, -0.2) is 12.6 Å². The number of hydrogen-bond donors (Lipinski definition) is 0. The molecule has 0 amide bonds. The monoisotopic (exact) mass is 250 g/mol. The van der Waals surface area contributed by atoms with Crippen LogP contribution in [0.25, 0.3) is 6.08 Å². The summed E-state index contributed by atoms with van der Waals surface area (Å²) in [5.41, 5.74) is 0.741. The zero-order valence-electron chi connectivity index (χ0n) is 11.0. The van der Waals surface area contributed by atoms with Crippen LogP contribution in [0.1, 0.15) is 26.3 Å². The fourth-order valence-corrected chi connectivity index (χ4v) is 1.64. The molecule has 0 saturated carbocycles. The van der Waals surface area contributed by atoms with Crippen molar-refractivity contribution in [1.82, 2.24) is 0 Å². The van der Waals surface area contributed by atoms with Crippen molar-refractivity contribution in [2.45, 2.75) is 20.8 Å². The van der Waals surface area contributed by atoms with Gasteiger partial charge in [0.2, 0.25) is 0 Å². The van der Waals surface area contributed by atoms with Crippen molar-refractivity contribution in [2.24, 2.45) is 11.8 Å². The van der Waals surface area contributed by atoms with Crippen molar-refractivity contribution in [3.63, 3.8) is 0 Å². The molecule has 0 spiro atoms. The molecule has 0 N–H and O–H groups in total. The first kappa shape index (κ1) is 14.4. The lowest BCUT2D eigenvalue weighted by Crippen LogP contribution is -2.20. The van der Waals surface area contributed by atoms with Crippen LogP contribution < -0.4 is 0 Å². The van der Waals surface area contributed by atoms with Gasteiger partial charge in [-0.2, -0.15) is 0 Å². The van der Waals surface area contributed by atoms with Gasteiger partial charge >= 0.3 is 5.97 Å². The highest BCUT2D eigenvalue weighted by atomic mass is 19.1. The lowest BCUT2D eigenvalue weighted by molar-refractivity contribution is -0.147. The Kier molecular flexibility index (Phi) is 5.56. The van der Waals surface area contributed by atoms with Crippen molar-refractivity contribution in [1.29, 1.82) is 0 Å². The Morgan fingerprint density at radius 2 is 2.17 bits per heavy atom. The molecule has 2 nitrogen and oxygen atoms in total. The zero-order valence-corrected chi connectivity index (χ0v) is 11.0. The van der Waals surface area contributed by atoms with E-state index in [9.17, 15) is 9.18 Å². The van der Waals surface area contributed by atoms with E-state index in [4.69, 9.17) is 4.74 Å². The standard InChI is InChI=1S/C15H19FO2/c1-4-18-15(17)14(11(2)3)9-8-12-6-5-7-13(16)10-12/h5-11,14H,4H2,1-3H3/b9-8+. The highest BCUT2D eigenvalue weighted by Crippen LogP contribution is 2.17. The maximum atomic E-state index is 13.0. The van der Waals surface area contributed by atoms with Gasteiger partial charge in [-0.1, -0.05) is 38.1 Å². The predicted molar refractivity (Wildman–Crippen MR) is 70.4 cm³/mol. The Balaban J connectivity index is 2.80. The van der Waals surface area contributed by atoms with Crippen LogP contribution in [0.2, 0.25) is 0 Å². The van der Waals surface area contributed by atoms with E-state index in [0.717, 1.165) is 5.56 Å². The van der Waals surface area contributed by atoms with Crippen LogP contribution in [0.15, 0.2) is 30.3 Å². The van der Waals surface area contributed by atoms with Gasteiger partial charge in [-0.3, -0.25) is 4.79 Å². The molecule has 0 aliphatic rings. The summed E-state index contributed by atoms with van der Waals surface area (Å²) in [5.74, 6) is -0.670. The van der Waals surface area contributed by atoms with E-state index >= 15 is 0 Å². The highest BCUT2D eigenvalue weighted by molar-refractivity contribution is 5.76. The van der Waals surface area contributed by atoms with E-state index in [1.807, 2.05) is 13.8 Å². The van der Waals surface area contributed by atoms with Crippen LogP contribution in [0.5, 0.6) is 0 Å². The van der Waals surface area contributed by atoms with Crippen molar-refractivity contribution in [2.75, 3.05) is 6.61 Å². The number of rotatable bonds is 5. The number of carbonyl (C=O) groups is 1. The third-order valence-electron chi connectivity index (χ3n) is 2.62. The molecule has 0 bridgehead atoms. The first-order valence-corrected chi connectivity index (χ1v) is 6.15. The summed E-state index contributed by atoms with van der Waals surface area (Å²) >= 11 is 0. The van der Waals surface area contributed by atoms with E-state index < -0.39 is 0 Å². The number of halogens is 1. The molecule has 1 atom stereocenters. The molecule has 0 radical (unpaired) electrons. The molecule has 1 aromatic rings. The van der Waals surface area contributed by atoms with Crippen LogP contribution in [0.3, 0.4) is 0 Å². The van der Waals surface area contributed by atoms with Crippen LogP contribution in [-0.2, 0) is 9.53 Å². The predicted octanol–water partition coefficient (Wildman–Crippen LogP) is 3.67. The van der Waals surface area contributed by atoms with Crippen molar-refractivity contribution in [3.8, 4) is 0 Å². The van der Waals surface area contributed by atoms with Gasteiger partial charge in [0.15, 0.2) is 0 Å². The van der Waals surface area contributed by atoms with Crippen molar-refractivity contribution in [3.05, 3.63) is 41.7 Å². The first-order valence-electron chi connectivity index (χ1n) is 6.15. The molecule has 0 aliphatic heterocycles. The number of benzene rings is 1. The molecule has 98 valence electrons. The normalized spacial score (nSPS) is 12.9. The molecule has 1 rings (SSSR count). The van der Waals surface area contributed by atoms with E-state index in [0.29, 0.717) is 6.61 Å². The average Bonchev–Trinajstić information content (AvgIpc) is 2.29. The minimum atomic E-state index is -0.298. The molecule has 0 saturated heterocycles. The number of hydrogen-bond acceptors (Lipinski definition) is 2. The van der Waals surface area contributed by atoms with Crippen molar-refractivity contribution < 1.29 is 13.9 Å². The van der Waals surface area contributed by atoms with Gasteiger partial charge in [-0.15, -0.1) is 0 Å². The Morgan fingerprint density at radius 3 is 2.72 bits per heavy atom. The molecule has 0 fully saturated rings. The third-order valence-corrected chi connectivity index (χ3v) is 2.62. The minimum Gasteiger partial charge on any atom is -0.466 e. The second-order valence-corrected chi connectivity index (χ2v) is 4.44. The third kappa shape index (κ3) is 4.32. The molecule has 3 heteroatoms. The fraction of sp³-hybridized carbons (Fsp3) is 0.400. The smallest absolute Gasteiger partial charge is 0.313 e. The summed E-state index contributed by atoms with van der Waals surface area (Å²) in [4.78, 5) is 11.7. The van der Waals surface area contributed by atoms with Gasteiger partial charge in [-0.05, 0) is 30.5 Å². The minimum absolute atomic E-state index is 0.147. The second kappa shape index (κ2) is 6.94. The molecule has 0 heterocycles. The maximum absolute atomic E-state index is 13.0. The van der Waals surface area contributed by atoms with Gasteiger partial charge < -0.3 is 4.74 Å². The average molecular weight is 250 g/mol. The van der Waals surface area contributed by atoms with Gasteiger partial charge in [0.1, 0.15) is 5.82 Å². The quantitative estimate of drug-likeness (QED) is 0.745. The fourth-order valence-electron chi connectivity index (χ4n) is 1.64. The van der Waals surface area contributed by atoms with Crippen molar-refractivity contribution >= 4 is 12.0 Å². The van der Waals surface area contributed by atoms with Gasteiger partial charge in [0.05, 0.1) is 12.5 Å². The number of ether oxygens (including phenoxy) is 1. The Hall–Kier alpha value is -1.64. The maximum Gasteiger partial charge on any atom is 0.313 e. The lowest BCUT2D eigenvalue weighted by Gasteiger charge is -2.15. The topological polar surface area (TPSA) is 26.3 Å².